The first-order valence-electron chi connectivity index (χ1n) is 8.96. The fourth-order valence-corrected chi connectivity index (χ4v) is 7.03. The Kier molecular flexibility index (Phi) is 6.07. The van der Waals surface area contributed by atoms with E-state index in [0.29, 0.717) is 0 Å². The van der Waals surface area contributed by atoms with Crippen molar-refractivity contribution < 1.29 is 65.8 Å². The number of phosphoric acid groups is 3. The van der Waals surface area contributed by atoms with E-state index in [-0.39, 0.29) is 17.0 Å². The molecule has 0 radical (unpaired) electrons. The molecule has 1 aliphatic heterocycles. The maximum atomic E-state index is 13.4. The van der Waals surface area contributed by atoms with Gasteiger partial charge in [-0.05, 0) is 0 Å². The van der Waals surface area contributed by atoms with Gasteiger partial charge < -0.3 is 40.3 Å². The van der Waals surface area contributed by atoms with Crippen molar-refractivity contribution in [2.24, 2.45) is 0 Å². The third kappa shape index (κ3) is 4.22. The molecule has 1 saturated carbocycles. The standard InChI is InChI=1S/C12H17FN5O13P3/c13-2-1-11(19)10(18-4-17-5-8(14)15-3-16-9(5)18)28-6-7(12(6,11)20)29-33(24,25)31-34(26,27)30-32(21,22)23/h3-4,6-7,10,19-20H,1-2H2,(H,24,25)(H,26,27)(H2,14,15,16)(H2,21,22,23). The van der Waals surface area contributed by atoms with Crippen molar-refractivity contribution in [2.75, 3.05) is 12.4 Å². The van der Waals surface area contributed by atoms with Gasteiger partial charge in [-0.25, -0.2) is 28.6 Å². The van der Waals surface area contributed by atoms with Crippen LogP contribution in [0.5, 0.6) is 0 Å². The number of anilines is 1. The van der Waals surface area contributed by atoms with Gasteiger partial charge in [-0.1, -0.05) is 0 Å². The van der Waals surface area contributed by atoms with E-state index in [4.69, 9.17) is 20.3 Å². The molecule has 8 N–H and O–H groups in total. The summed E-state index contributed by atoms with van der Waals surface area (Å²) in [6.07, 6.45) is -3.61. The van der Waals surface area contributed by atoms with Gasteiger partial charge in [0.2, 0.25) is 0 Å². The number of nitrogen functional groups attached to an aromatic ring is 1. The Hall–Kier alpha value is -1.43. The average molecular weight is 551 g/mol. The van der Waals surface area contributed by atoms with Gasteiger partial charge in [-0.2, -0.15) is 8.62 Å². The van der Waals surface area contributed by atoms with E-state index in [9.17, 15) is 38.1 Å². The average Bonchev–Trinajstić information content (AvgIpc) is 2.96. The van der Waals surface area contributed by atoms with E-state index in [1.165, 1.54) is 0 Å². The van der Waals surface area contributed by atoms with Crippen LogP contribution in [0.3, 0.4) is 0 Å². The van der Waals surface area contributed by atoms with Crippen LogP contribution in [0.1, 0.15) is 12.6 Å². The van der Waals surface area contributed by atoms with Crippen LogP contribution in [0.2, 0.25) is 0 Å². The van der Waals surface area contributed by atoms with Gasteiger partial charge in [0, 0.05) is 6.42 Å². The van der Waals surface area contributed by atoms with Crippen LogP contribution in [-0.2, 0) is 31.6 Å². The highest BCUT2D eigenvalue weighted by Crippen LogP contribution is 2.70. The molecule has 34 heavy (non-hydrogen) atoms. The minimum Gasteiger partial charge on any atom is -0.382 e. The lowest BCUT2D eigenvalue weighted by molar-refractivity contribution is -0.171. The van der Waals surface area contributed by atoms with Gasteiger partial charge >= 0.3 is 23.5 Å². The number of nitrogens with zero attached hydrogens (tertiary/aromatic N) is 4. The number of ether oxygens (including phenoxy) is 1. The Morgan fingerprint density at radius 1 is 1.12 bits per heavy atom. The number of alkyl halides is 1. The largest absolute Gasteiger partial charge is 0.490 e. The Labute approximate surface area is 187 Å². The maximum absolute atomic E-state index is 13.4. The van der Waals surface area contributed by atoms with E-state index in [2.05, 4.69) is 28.1 Å². The summed E-state index contributed by atoms with van der Waals surface area (Å²) in [4.78, 5) is 47.8. The molecular formula is C12H17FN5O13P3. The zero-order chi connectivity index (χ0) is 25.3. The molecule has 2 fully saturated rings. The number of halogens is 1. The van der Waals surface area contributed by atoms with Gasteiger partial charge in [-0.3, -0.25) is 13.5 Å². The van der Waals surface area contributed by atoms with Crippen LogP contribution in [0.15, 0.2) is 12.7 Å². The SMILES string of the molecule is Nc1ncnc2c1ncn2C1OC2C(OP(=O)(O)OP(=O)(O)OP(=O)(O)O)C2(O)C1(O)CCF. The molecule has 2 aromatic heterocycles. The van der Waals surface area contributed by atoms with Crippen molar-refractivity contribution >= 4 is 40.4 Å². The van der Waals surface area contributed by atoms with Crippen molar-refractivity contribution in [3.8, 4) is 0 Å². The summed E-state index contributed by atoms with van der Waals surface area (Å²) in [5.41, 5.74) is 0.795. The molecule has 0 bridgehead atoms. The predicted molar refractivity (Wildman–Crippen MR) is 103 cm³/mol. The fraction of sp³-hybridized carbons (Fsp3) is 0.583. The van der Waals surface area contributed by atoms with Crippen molar-refractivity contribution in [2.45, 2.75) is 36.1 Å². The Balaban J connectivity index is 1.59. The van der Waals surface area contributed by atoms with Gasteiger partial charge in [0.05, 0.1) is 13.0 Å². The zero-order valence-electron chi connectivity index (χ0n) is 16.4. The summed E-state index contributed by atoms with van der Waals surface area (Å²) in [6.45, 7) is -1.20. The number of imidazole rings is 1. The van der Waals surface area contributed by atoms with Gasteiger partial charge in [0.1, 0.15) is 29.7 Å². The summed E-state index contributed by atoms with van der Waals surface area (Å²) in [5, 5.41) is 22.2. The van der Waals surface area contributed by atoms with Gasteiger partial charge in [0.25, 0.3) is 0 Å². The Morgan fingerprint density at radius 3 is 2.41 bits per heavy atom. The third-order valence-corrected chi connectivity index (χ3v) is 9.01. The maximum Gasteiger partial charge on any atom is 0.490 e. The van der Waals surface area contributed by atoms with E-state index in [1.54, 1.807) is 0 Å². The second-order valence-corrected chi connectivity index (χ2v) is 11.7. The summed E-state index contributed by atoms with van der Waals surface area (Å²) in [6, 6.07) is 0. The molecule has 3 heterocycles. The van der Waals surface area contributed by atoms with Gasteiger partial charge in [-0.15, -0.1) is 0 Å². The molecule has 0 spiro atoms. The zero-order valence-corrected chi connectivity index (χ0v) is 19.1. The minimum absolute atomic E-state index is 0.0230. The summed E-state index contributed by atoms with van der Waals surface area (Å²) < 4.78 is 66.1. The molecule has 0 amide bonds. The highest BCUT2D eigenvalue weighted by Gasteiger charge is 2.85. The number of rotatable bonds is 9. The smallest absolute Gasteiger partial charge is 0.382 e. The summed E-state index contributed by atoms with van der Waals surface area (Å²) >= 11 is 0. The quantitative estimate of drug-likeness (QED) is 0.181. The minimum atomic E-state index is -5.83. The highest BCUT2D eigenvalue weighted by atomic mass is 31.3. The fourth-order valence-electron chi connectivity index (χ4n) is 3.81. The van der Waals surface area contributed by atoms with E-state index < -0.39 is 66.2 Å². The van der Waals surface area contributed by atoms with Crippen LogP contribution in [0.25, 0.3) is 11.2 Å². The monoisotopic (exact) mass is 551 g/mol. The summed E-state index contributed by atoms with van der Waals surface area (Å²) in [7, 11) is -17.1. The first-order chi connectivity index (χ1) is 15.5. The molecule has 2 aliphatic rings. The normalized spacial score (nSPS) is 34.5. The number of nitrogens with two attached hydrogens (primary N) is 1. The first-order valence-corrected chi connectivity index (χ1v) is 13.5. The molecule has 4 rings (SSSR count). The van der Waals surface area contributed by atoms with Crippen molar-refractivity contribution in [1.29, 1.82) is 0 Å². The molecule has 2 aromatic rings. The number of hydrogen-bond donors (Lipinski definition) is 7. The molecule has 190 valence electrons. The first kappa shape index (κ1) is 25.7. The predicted octanol–water partition coefficient (Wildman–Crippen LogP) is -1.15. The molecule has 22 heteroatoms. The van der Waals surface area contributed by atoms with Crippen molar-refractivity contribution in [3.63, 3.8) is 0 Å². The van der Waals surface area contributed by atoms with Crippen molar-refractivity contribution in [1.82, 2.24) is 19.5 Å². The molecule has 1 aliphatic carbocycles. The molecular weight excluding hydrogens is 534 g/mol. The molecule has 7 unspecified atom stereocenters. The van der Waals surface area contributed by atoms with Crippen molar-refractivity contribution in [3.05, 3.63) is 12.7 Å². The lowest BCUT2D eigenvalue weighted by Crippen LogP contribution is -2.51. The topological polar surface area (TPSA) is 279 Å². The lowest BCUT2D eigenvalue weighted by atomic mass is 9.89. The van der Waals surface area contributed by atoms with Crippen LogP contribution in [0.4, 0.5) is 10.2 Å². The number of hydrogen-bond acceptors (Lipinski definition) is 13. The lowest BCUT2D eigenvalue weighted by Gasteiger charge is -2.35. The van der Waals surface area contributed by atoms with E-state index >= 15 is 0 Å². The van der Waals surface area contributed by atoms with Crippen LogP contribution >= 0.6 is 23.5 Å². The van der Waals surface area contributed by atoms with Crippen LogP contribution < -0.4 is 5.73 Å². The summed E-state index contributed by atoms with van der Waals surface area (Å²) in [5.74, 6) is -0.0230. The molecule has 7 atom stereocenters. The number of fused-ring (bicyclic) bond motifs is 2. The molecule has 1 saturated heterocycles. The number of aromatic nitrogens is 4. The Bertz CT molecular complexity index is 1270. The third-order valence-electron chi connectivity index (χ3n) is 5.19. The second kappa shape index (κ2) is 8.04. The number of aliphatic hydroxyl groups is 2. The molecule has 18 nitrogen and oxygen atoms in total. The number of phosphoric ester groups is 1. The highest BCUT2D eigenvalue weighted by molar-refractivity contribution is 7.66. The van der Waals surface area contributed by atoms with E-state index in [1.807, 2.05) is 0 Å². The van der Waals surface area contributed by atoms with Crippen LogP contribution in [-0.4, -0.2) is 79.4 Å². The molecule has 0 aromatic carbocycles. The van der Waals surface area contributed by atoms with Gasteiger partial charge in [0.15, 0.2) is 23.3 Å². The van der Waals surface area contributed by atoms with E-state index in [0.717, 1.165) is 17.2 Å². The van der Waals surface area contributed by atoms with Crippen LogP contribution in [0, 0.1) is 0 Å². The Morgan fingerprint density at radius 2 is 1.79 bits per heavy atom. The second-order valence-electron chi connectivity index (χ2n) is 7.30.